The van der Waals surface area contributed by atoms with Gasteiger partial charge in [-0.15, -0.1) is 0 Å². The van der Waals surface area contributed by atoms with Gasteiger partial charge in [-0.25, -0.2) is 0 Å². The third kappa shape index (κ3) is 5.66. The predicted molar refractivity (Wildman–Crippen MR) is 66.6 cm³/mol. The van der Waals surface area contributed by atoms with Crippen molar-refractivity contribution in [2.45, 2.75) is 51.9 Å². The minimum atomic E-state index is -0.121. The number of ketones is 1. The van der Waals surface area contributed by atoms with Crippen LogP contribution in [0.4, 0.5) is 0 Å². The smallest absolute Gasteiger partial charge is 0.309 e. The Balaban J connectivity index is 2.55. The Bertz CT molecular complexity index is 281. The molecule has 3 heteroatoms. The van der Waals surface area contributed by atoms with Gasteiger partial charge in [0.15, 0.2) is 5.78 Å². The Hall–Kier alpha value is -1.12. The molecule has 0 N–H and O–H groups in total. The lowest BCUT2D eigenvalue weighted by Crippen LogP contribution is -2.17. The summed E-state index contributed by atoms with van der Waals surface area (Å²) in [5.74, 6) is -0.0181. The number of carbonyl (C=O) groups is 2. The van der Waals surface area contributed by atoms with E-state index in [0.29, 0.717) is 19.4 Å². The number of rotatable bonds is 2. The van der Waals surface area contributed by atoms with Crippen molar-refractivity contribution in [3.63, 3.8) is 0 Å². The molecular formula is C14H22O3. The van der Waals surface area contributed by atoms with E-state index in [4.69, 9.17) is 4.74 Å². The van der Waals surface area contributed by atoms with Crippen LogP contribution in [0.25, 0.3) is 0 Å². The fraction of sp³-hybridized carbons (Fsp3) is 0.714. The lowest BCUT2D eigenvalue weighted by molar-refractivity contribution is -0.148. The molecule has 1 aliphatic carbocycles. The Morgan fingerprint density at radius 3 is 2.88 bits per heavy atom. The van der Waals surface area contributed by atoms with E-state index in [1.807, 2.05) is 13.0 Å². The van der Waals surface area contributed by atoms with E-state index in [0.717, 1.165) is 32.1 Å². The third-order valence-corrected chi connectivity index (χ3v) is 3.07. The molecule has 17 heavy (non-hydrogen) atoms. The summed E-state index contributed by atoms with van der Waals surface area (Å²) in [5, 5.41) is 0. The van der Waals surface area contributed by atoms with Gasteiger partial charge < -0.3 is 4.74 Å². The van der Waals surface area contributed by atoms with Crippen molar-refractivity contribution >= 4 is 11.8 Å². The second kappa shape index (κ2) is 8.04. The van der Waals surface area contributed by atoms with Crippen molar-refractivity contribution in [2.75, 3.05) is 6.61 Å². The topological polar surface area (TPSA) is 43.4 Å². The van der Waals surface area contributed by atoms with Gasteiger partial charge in [-0.1, -0.05) is 25.3 Å². The molecule has 0 radical (unpaired) electrons. The van der Waals surface area contributed by atoms with Gasteiger partial charge in [0.05, 0.1) is 12.5 Å². The highest BCUT2D eigenvalue weighted by atomic mass is 16.5. The molecule has 0 saturated carbocycles. The molecule has 0 aromatic heterocycles. The molecule has 0 bridgehead atoms. The van der Waals surface area contributed by atoms with Crippen LogP contribution in [0, 0.1) is 5.92 Å². The maximum atomic E-state index is 11.7. The monoisotopic (exact) mass is 238 g/mol. The number of hydrogen-bond donors (Lipinski definition) is 0. The Labute approximate surface area is 103 Å². The highest BCUT2D eigenvalue weighted by Gasteiger charge is 2.18. The maximum absolute atomic E-state index is 11.7. The zero-order valence-electron chi connectivity index (χ0n) is 10.6. The number of hydrogen-bond acceptors (Lipinski definition) is 3. The van der Waals surface area contributed by atoms with E-state index in [1.54, 1.807) is 6.08 Å². The number of allylic oxidation sites excluding steroid dienone is 2. The fourth-order valence-corrected chi connectivity index (χ4v) is 2.08. The molecule has 1 rings (SSSR count). The summed E-state index contributed by atoms with van der Waals surface area (Å²) in [6.45, 7) is 2.25. The Morgan fingerprint density at radius 2 is 2.12 bits per heavy atom. The molecule has 1 aliphatic rings. The zero-order valence-corrected chi connectivity index (χ0v) is 10.6. The summed E-state index contributed by atoms with van der Waals surface area (Å²) in [6.07, 6.45) is 9.78. The molecule has 0 amide bonds. The molecule has 0 spiro atoms. The summed E-state index contributed by atoms with van der Waals surface area (Å²) in [7, 11) is 0. The second-order valence-electron chi connectivity index (χ2n) is 4.51. The third-order valence-electron chi connectivity index (χ3n) is 3.07. The molecule has 0 aromatic carbocycles. The highest BCUT2D eigenvalue weighted by molar-refractivity contribution is 5.89. The molecule has 0 aliphatic heterocycles. The van der Waals surface area contributed by atoms with Crippen molar-refractivity contribution in [3.05, 3.63) is 12.2 Å². The summed E-state index contributed by atoms with van der Waals surface area (Å²) in [4.78, 5) is 23.1. The first-order valence-corrected chi connectivity index (χ1v) is 6.60. The van der Waals surface area contributed by atoms with Crippen molar-refractivity contribution in [3.8, 4) is 0 Å². The normalized spacial score (nSPS) is 24.8. The van der Waals surface area contributed by atoms with Gasteiger partial charge in [-0.05, 0) is 32.3 Å². The predicted octanol–water partition coefficient (Wildman–Crippen LogP) is 3.04. The van der Waals surface area contributed by atoms with E-state index in [9.17, 15) is 9.59 Å². The first kappa shape index (κ1) is 13.9. The van der Waals surface area contributed by atoms with Gasteiger partial charge in [0, 0.05) is 6.42 Å². The first-order chi connectivity index (χ1) is 8.24. The maximum Gasteiger partial charge on any atom is 0.309 e. The van der Waals surface area contributed by atoms with Crippen LogP contribution in [-0.2, 0) is 14.3 Å². The van der Waals surface area contributed by atoms with Gasteiger partial charge in [0.1, 0.15) is 0 Å². The van der Waals surface area contributed by atoms with E-state index >= 15 is 0 Å². The molecular weight excluding hydrogens is 216 g/mol. The summed E-state index contributed by atoms with van der Waals surface area (Å²) < 4.78 is 5.05. The van der Waals surface area contributed by atoms with E-state index in [1.165, 1.54) is 0 Å². The number of ether oxygens (including phenoxy) is 1. The van der Waals surface area contributed by atoms with E-state index < -0.39 is 0 Å². The van der Waals surface area contributed by atoms with Crippen LogP contribution in [0.1, 0.15) is 51.9 Å². The molecule has 1 unspecified atom stereocenters. The van der Waals surface area contributed by atoms with Crippen molar-refractivity contribution in [2.24, 2.45) is 5.92 Å². The minimum absolute atomic E-state index is 0.0721. The molecule has 0 saturated heterocycles. The molecule has 0 aromatic rings. The van der Waals surface area contributed by atoms with Gasteiger partial charge in [-0.3, -0.25) is 9.59 Å². The zero-order chi connectivity index (χ0) is 12.5. The Morgan fingerprint density at radius 1 is 1.35 bits per heavy atom. The average molecular weight is 238 g/mol. The SMILES string of the molecule is CCOC(=O)C1C/C=C\C(=O)CCCCCC1. The largest absolute Gasteiger partial charge is 0.466 e. The molecule has 3 nitrogen and oxygen atoms in total. The van der Waals surface area contributed by atoms with Gasteiger partial charge in [0.2, 0.25) is 0 Å². The number of esters is 1. The van der Waals surface area contributed by atoms with Crippen LogP contribution in [0.5, 0.6) is 0 Å². The quantitative estimate of drug-likeness (QED) is 0.694. The minimum Gasteiger partial charge on any atom is -0.466 e. The summed E-state index contributed by atoms with van der Waals surface area (Å²) in [6, 6.07) is 0. The van der Waals surface area contributed by atoms with Crippen molar-refractivity contribution in [1.29, 1.82) is 0 Å². The summed E-state index contributed by atoms with van der Waals surface area (Å²) in [5.41, 5.74) is 0. The van der Waals surface area contributed by atoms with Crippen LogP contribution < -0.4 is 0 Å². The van der Waals surface area contributed by atoms with Gasteiger partial charge in [-0.2, -0.15) is 0 Å². The molecule has 96 valence electrons. The summed E-state index contributed by atoms with van der Waals surface area (Å²) >= 11 is 0. The molecule has 1 atom stereocenters. The van der Waals surface area contributed by atoms with Gasteiger partial charge in [0.25, 0.3) is 0 Å². The van der Waals surface area contributed by atoms with Gasteiger partial charge >= 0.3 is 5.97 Å². The van der Waals surface area contributed by atoms with Crippen molar-refractivity contribution < 1.29 is 14.3 Å². The Kier molecular flexibility index (Phi) is 6.60. The van der Waals surface area contributed by atoms with Crippen LogP contribution in [-0.4, -0.2) is 18.4 Å². The fourth-order valence-electron chi connectivity index (χ4n) is 2.08. The van der Waals surface area contributed by atoms with E-state index in [2.05, 4.69) is 0 Å². The molecule has 0 heterocycles. The number of carbonyl (C=O) groups excluding carboxylic acids is 2. The van der Waals surface area contributed by atoms with Crippen LogP contribution >= 0.6 is 0 Å². The van der Waals surface area contributed by atoms with Crippen molar-refractivity contribution in [1.82, 2.24) is 0 Å². The molecule has 0 fully saturated rings. The standard InChI is InChI=1S/C14H22O3/c1-2-17-14(16)12-8-5-3-4-6-10-13(15)11-7-9-12/h7,11-12H,2-6,8-10H2,1H3/b11-7-. The van der Waals surface area contributed by atoms with Crippen LogP contribution in [0.15, 0.2) is 12.2 Å². The lowest BCUT2D eigenvalue weighted by atomic mass is 9.97. The van der Waals surface area contributed by atoms with Crippen LogP contribution in [0.2, 0.25) is 0 Å². The van der Waals surface area contributed by atoms with E-state index in [-0.39, 0.29) is 17.7 Å². The average Bonchev–Trinajstić information content (AvgIpc) is 2.35. The first-order valence-electron chi connectivity index (χ1n) is 6.60. The highest BCUT2D eigenvalue weighted by Crippen LogP contribution is 2.18. The lowest BCUT2D eigenvalue weighted by Gasteiger charge is -2.13. The van der Waals surface area contributed by atoms with Crippen LogP contribution in [0.3, 0.4) is 0 Å². The second-order valence-corrected chi connectivity index (χ2v) is 4.51.